The lowest BCUT2D eigenvalue weighted by Gasteiger charge is -2.37. The molecule has 1 aromatic carbocycles. The molecule has 6 nitrogen and oxygen atoms in total. The average Bonchev–Trinajstić information content (AvgIpc) is 2.57. The first-order chi connectivity index (χ1) is 11.6. The van der Waals surface area contributed by atoms with E-state index in [0.717, 1.165) is 6.08 Å². The van der Waals surface area contributed by atoms with Crippen molar-refractivity contribution >= 4 is 23.4 Å². The van der Waals surface area contributed by atoms with Gasteiger partial charge in [-0.15, -0.1) is 0 Å². The fourth-order valence-corrected chi connectivity index (χ4v) is 2.42. The Hall–Kier alpha value is -2.76. The second-order valence-electron chi connectivity index (χ2n) is 6.45. The second-order valence-corrected chi connectivity index (χ2v) is 6.45. The summed E-state index contributed by atoms with van der Waals surface area (Å²) >= 11 is 0. The van der Waals surface area contributed by atoms with Crippen LogP contribution >= 0.6 is 0 Å². The fraction of sp³-hybridized carbons (Fsp3) is 0.368. The monoisotopic (exact) mass is 343 g/mol. The molecule has 1 aliphatic heterocycles. The third kappa shape index (κ3) is 3.52. The molecule has 6 heteroatoms. The molecule has 25 heavy (non-hydrogen) atoms. The lowest BCUT2D eigenvalue weighted by Crippen LogP contribution is -2.52. The van der Waals surface area contributed by atoms with E-state index in [2.05, 4.69) is 4.99 Å². The Kier molecular flexibility index (Phi) is 4.92. The largest absolute Gasteiger partial charge is 0.466 e. The van der Waals surface area contributed by atoms with Gasteiger partial charge in [-0.25, -0.2) is 9.59 Å². The third-order valence-electron chi connectivity index (χ3n) is 4.27. The van der Waals surface area contributed by atoms with E-state index >= 15 is 0 Å². The minimum Gasteiger partial charge on any atom is -0.466 e. The molecule has 0 fully saturated rings. The Balaban J connectivity index is 2.57. The number of cyclic esters (lactones) is 1. The molecule has 1 unspecified atom stereocenters. The fourth-order valence-electron chi connectivity index (χ4n) is 2.42. The molecule has 1 atom stereocenters. The van der Waals surface area contributed by atoms with Crippen molar-refractivity contribution in [2.45, 2.75) is 38.8 Å². The number of allylic oxidation sites excluding steroid dienone is 1. The summed E-state index contributed by atoms with van der Waals surface area (Å²) in [6.45, 7) is 6.56. The molecule has 0 aromatic heterocycles. The van der Waals surface area contributed by atoms with Crippen LogP contribution in [0, 0.1) is 0 Å². The summed E-state index contributed by atoms with van der Waals surface area (Å²) in [7, 11) is 1.18. The summed E-state index contributed by atoms with van der Waals surface area (Å²) in [6.07, 6.45) is 1.09. The van der Waals surface area contributed by atoms with Gasteiger partial charge in [-0.2, -0.15) is 0 Å². The van der Waals surface area contributed by atoms with E-state index in [0.29, 0.717) is 11.3 Å². The van der Waals surface area contributed by atoms with Crippen molar-refractivity contribution in [3.05, 3.63) is 47.5 Å². The van der Waals surface area contributed by atoms with Crippen molar-refractivity contribution in [1.82, 2.24) is 0 Å². The van der Waals surface area contributed by atoms with Crippen LogP contribution in [-0.4, -0.2) is 41.7 Å². The second kappa shape index (κ2) is 6.63. The number of carbonyl (C=O) groups excluding carboxylic acids is 3. The van der Waals surface area contributed by atoms with Gasteiger partial charge in [0.2, 0.25) is 0 Å². The summed E-state index contributed by atoms with van der Waals surface area (Å²) < 4.78 is 10.2. The molecule has 1 aromatic rings. The van der Waals surface area contributed by atoms with Gasteiger partial charge in [-0.1, -0.05) is 30.3 Å². The van der Waals surface area contributed by atoms with Crippen molar-refractivity contribution in [1.29, 1.82) is 0 Å². The summed E-state index contributed by atoms with van der Waals surface area (Å²) in [5.74, 6) is -1.94. The number of benzene rings is 1. The van der Waals surface area contributed by atoms with Gasteiger partial charge in [0.1, 0.15) is 5.60 Å². The first-order valence-electron chi connectivity index (χ1n) is 7.82. The zero-order valence-corrected chi connectivity index (χ0v) is 15.0. The van der Waals surface area contributed by atoms with Crippen molar-refractivity contribution in [2.24, 2.45) is 4.99 Å². The molecule has 0 radical (unpaired) electrons. The van der Waals surface area contributed by atoms with E-state index in [1.807, 2.05) is 0 Å². The van der Waals surface area contributed by atoms with E-state index in [1.54, 1.807) is 51.1 Å². The normalized spacial score (nSPS) is 22.7. The highest BCUT2D eigenvalue weighted by molar-refractivity contribution is 6.13. The topological polar surface area (TPSA) is 82.0 Å². The number of esters is 2. The molecule has 132 valence electrons. The van der Waals surface area contributed by atoms with Gasteiger partial charge in [0, 0.05) is 5.56 Å². The summed E-state index contributed by atoms with van der Waals surface area (Å²) in [5.41, 5.74) is -1.75. The van der Waals surface area contributed by atoms with Crippen molar-refractivity contribution in [3.63, 3.8) is 0 Å². The van der Waals surface area contributed by atoms with E-state index in [9.17, 15) is 14.4 Å². The number of ether oxygens (including phenoxy) is 2. The van der Waals surface area contributed by atoms with Gasteiger partial charge in [0.25, 0.3) is 0 Å². The molecule has 0 saturated heterocycles. The van der Waals surface area contributed by atoms with Crippen LogP contribution in [-0.2, 0) is 19.1 Å². The van der Waals surface area contributed by atoms with Gasteiger partial charge in [0.05, 0.1) is 18.4 Å². The highest BCUT2D eigenvalue weighted by Gasteiger charge is 2.49. The molecule has 0 aliphatic carbocycles. The highest BCUT2D eigenvalue weighted by atomic mass is 16.6. The first-order valence-corrected chi connectivity index (χ1v) is 7.82. The minimum atomic E-state index is -1.64. The molecule has 0 amide bonds. The van der Waals surface area contributed by atoms with Crippen LogP contribution in [0.1, 0.15) is 38.1 Å². The van der Waals surface area contributed by atoms with Crippen molar-refractivity contribution in [2.75, 3.05) is 7.11 Å². The third-order valence-corrected chi connectivity index (χ3v) is 4.27. The summed E-state index contributed by atoms with van der Waals surface area (Å²) in [6, 6.07) is 8.43. The SMILES string of the molecule is COC(=O)/C(=C\C(=O)c1ccccc1)C1(C)N=C(C)C(C)(C)OC1=O. The zero-order chi connectivity index (χ0) is 18.8. The van der Waals surface area contributed by atoms with Crippen LogP contribution in [0.5, 0.6) is 0 Å². The Morgan fingerprint density at radius 2 is 1.76 bits per heavy atom. The Morgan fingerprint density at radius 1 is 1.16 bits per heavy atom. The maximum absolute atomic E-state index is 12.6. The molecule has 0 saturated carbocycles. The zero-order valence-electron chi connectivity index (χ0n) is 15.0. The predicted molar refractivity (Wildman–Crippen MR) is 92.6 cm³/mol. The Bertz CT molecular complexity index is 776. The van der Waals surface area contributed by atoms with Crippen molar-refractivity contribution < 1.29 is 23.9 Å². The molecular weight excluding hydrogens is 322 g/mol. The molecule has 2 rings (SSSR count). The minimum absolute atomic E-state index is 0.163. The van der Waals surface area contributed by atoms with Crippen LogP contribution in [0.15, 0.2) is 47.0 Å². The summed E-state index contributed by atoms with van der Waals surface area (Å²) in [5, 5.41) is 0. The standard InChI is InChI=1S/C19H21NO5/c1-12-18(2,3)25-17(23)19(4,20-12)14(16(22)24-5)11-15(21)13-9-7-6-8-10-13/h6-11H,1-5H3/b14-11+. The molecule has 1 aliphatic rings. The number of ketones is 1. The Labute approximate surface area is 146 Å². The van der Waals surface area contributed by atoms with Gasteiger partial charge in [-0.3, -0.25) is 9.79 Å². The number of nitrogens with zero attached hydrogens (tertiary/aromatic N) is 1. The number of carbonyl (C=O) groups is 3. The smallest absolute Gasteiger partial charge is 0.339 e. The highest BCUT2D eigenvalue weighted by Crippen LogP contribution is 2.33. The molecule has 0 bridgehead atoms. The van der Waals surface area contributed by atoms with Crippen molar-refractivity contribution in [3.8, 4) is 0 Å². The van der Waals surface area contributed by atoms with Crippen LogP contribution in [0.4, 0.5) is 0 Å². The maximum Gasteiger partial charge on any atom is 0.339 e. The molecule has 0 spiro atoms. The van der Waals surface area contributed by atoms with Gasteiger partial charge in [-0.05, 0) is 33.8 Å². The van der Waals surface area contributed by atoms with Gasteiger partial charge < -0.3 is 9.47 Å². The summed E-state index contributed by atoms with van der Waals surface area (Å²) in [4.78, 5) is 41.7. The van der Waals surface area contributed by atoms with E-state index < -0.39 is 28.9 Å². The van der Waals surface area contributed by atoms with E-state index in [-0.39, 0.29) is 5.57 Å². The lowest BCUT2D eigenvalue weighted by atomic mass is 9.87. The van der Waals surface area contributed by atoms with Gasteiger partial charge >= 0.3 is 11.9 Å². The van der Waals surface area contributed by atoms with Crippen LogP contribution in [0.25, 0.3) is 0 Å². The van der Waals surface area contributed by atoms with E-state index in [1.165, 1.54) is 14.0 Å². The van der Waals surface area contributed by atoms with Crippen LogP contribution < -0.4 is 0 Å². The Morgan fingerprint density at radius 3 is 2.32 bits per heavy atom. The number of hydrogen-bond donors (Lipinski definition) is 0. The quantitative estimate of drug-likeness (QED) is 0.477. The number of aliphatic imine (C=N–C) groups is 1. The average molecular weight is 343 g/mol. The lowest BCUT2D eigenvalue weighted by molar-refractivity contribution is -0.159. The van der Waals surface area contributed by atoms with Crippen LogP contribution in [0.2, 0.25) is 0 Å². The van der Waals surface area contributed by atoms with Crippen LogP contribution in [0.3, 0.4) is 0 Å². The first kappa shape index (κ1) is 18.6. The maximum atomic E-state index is 12.6. The van der Waals surface area contributed by atoms with E-state index in [4.69, 9.17) is 9.47 Å². The molecule has 0 N–H and O–H groups in total. The predicted octanol–water partition coefficient (Wildman–Crippen LogP) is 2.52. The number of rotatable bonds is 4. The number of hydrogen-bond acceptors (Lipinski definition) is 6. The van der Waals surface area contributed by atoms with Gasteiger partial charge in [0.15, 0.2) is 11.3 Å². The molecule has 1 heterocycles. The molecular formula is C19H21NO5. The number of methoxy groups -OCH3 is 1.